The smallest absolute Gasteiger partial charge is 0.153 e. The number of anilines is 1. The van der Waals surface area contributed by atoms with Gasteiger partial charge in [0.1, 0.15) is 5.82 Å². The molecular weight excluding hydrogens is 386 g/mol. The molecule has 1 fully saturated rings. The van der Waals surface area contributed by atoms with Gasteiger partial charge in [0.25, 0.3) is 0 Å². The van der Waals surface area contributed by atoms with Gasteiger partial charge >= 0.3 is 0 Å². The van der Waals surface area contributed by atoms with Gasteiger partial charge in [-0.25, -0.2) is 4.39 Å². The minimum absolute atomic E-state index is 0.0156. The Hall–Kier alpha value is -1.33. The van der Waals surface area contributed by atoms with Gasteiger partial charge in [0, 0.05) is 43.4 Å². The molecule has 0 amide bonds. The normalized spacial score (nSPS) is 15.4. The van der Waals surface area contributed by atoms with Crippen LogP contribution >= 0.6 is 34.8 Å². The van der Waals surface area contributed by atoms with Gasteiger partial charge < -0.3 is 4.90 Å². The summed E-state index contributed by atoms with van der Waals surface area (Å²) in [6.45, 7) is 3.82. The fraction of sp³-hybridized carbons (Fsp3) is 0.278. The Bertz CT molecular complexity index is 792. The first kappa shape index (κ1) is 18.5. The Morgan fingerprint density at radius 2 is 1.68 bits per heavy atom. The van der Waals surface area contributed by atoms with E-state index in [-0.39, 0.29) is 5.56 Å². The van der Waals surface area contributed by atoms with Crippen LogP contribution in [0.15, 0.2) is 30.3 Å². The number of nitrogens with zero attached hydrogens (tertiary/aromatic N) is 2. The average Bonchev–Trinajstić information content (AvgIpc) is 2.61. The summed E-state index contributed by atoms with van der Waals surface area (Å²) in [5, 5.41) is 1.49. The number of carbonyl (C=O) groups excluding carboxylic acids is 1. The molecule has 3 rings (SSSR count). The van der Waals surface area contributed by atoms with E-state index in [0.29, 0.717) is 33.5 Å². The lowest BCUT2D eigenvalue weighted by molar-refractivity contribution is 0.111. The number of rotatable bonds is 4. The van der Waals surface area contributed by atoms with E-state index in [0.717, 1.165) is 31.9 Å². The van der Waals surface area contributed by atoms with Crippen LogP contribution in [0.25, 0.3) is 0 Å². The maximum Gasteiger partial charge on any atom is 0.153 e. The van der Waals surface area contributed by atoms with Crippen molar-refractivity contribution in [1.82, 2.24) is 4.90 Å². The summed E-state index contributed by atoms with van der Waals surface area (Å²) in [7, 11) is 0. The van der Waals surface area contributed by atoms with Crippen LogP contribution < -0.4 is 4.90 Å². The zero-order valence-electron chi connectivity index (χ0n) is 13.3. The summed E-state index contributed by atoms with van der Waals surface area (Å²) < 4.78 is 13.8. The van der Waals surface area contributed by atoms with Gasteiger partial charge in [0.15, 0.2) is 6.29 Å². The van der Waals surface area contributed by atoms with Gasteiger partial charge in [0.2, 0.25) is 0 Å². The van der Waals surface area contributed by atoms with E-state index >= 15 is 0 Å². The molecule has 0 unspecified atom stereocenters. The van der Waals surface area contributed by atoms with Crippen molar-refractivity contribution in [3.05, 3.63) is 62.3 Å². The molecular formula is C18H16Cl3FN2O. The molecule has 25 heavy (non-hydrogen) atoms. The molecule has 0 aromatic heterocycles. The molecule has 0 atom stereocenters. The Labute approximate surface area is 160 Å². The predicted octanol–water partition coefficient (Wildman–Crippen LogP) is 4.92. The quantitative estimate of drug-likeness (QED) is 0.679. The molecule has 2 aromatic rings. The van der Waals surface area contributed by atoms with Crippen molar-refractivity contribution in [2.75, 3.05) is 31.1 Å². The van der Waals surface area contributed by atoms with Crippen molar-refractivity contribution in [1.29, 1.82) is 0 Å². The van der Waals surface area contributed by atoms with Crippen molar-refractivity contribution >= 4 is 46.8 Å². The van der Waals surface area contributed by atoms with Crippen LogP contribution in [0.5, 0.6) is 0 Å². The minimum Gasteiger partial charge on any atom is -0.369 e. The van der Waals surface area contributed by atoms with Crippen LogP contribution in [0.3, 0.4) is 0 Å². The summed E-state index contributed by atoms with van der Waals surface area (Å²) in [5.41, 5.74) is 1.71. The number of halogens is 4. The lowest BCUT2D eigenvalue weighted by Gasteiger charge is -2.36. The third kappa shape index (κ3) is 4.26. The molecule has 0 aliphatic carbocycles. The lowest BCUT2D eigenvalue weighted by atomic mass is 10.1. The first-order valence-electron chi connectivity index (χ1n) is 7.83. The molecule has 1 aliphatic rings. The molecule has 0 saturated carbocycles. The van der Waals surface area contributed by atoms with Gasteiger partial charge in [-0.05, 0) is 35.9 Å². The fourth-order valence-corrected chi connectivity index (χ4v) is 3.43. The van der Waals surface area contributed by atoms with E-state index in [1.54, 1.807) is 6.07 Å². The number of hydrogen-bond acceptors (Lipinski definition) is 3. The molecule has 3 nitrogen and oxygen atoms in total. The number of benzene rings is 2. The third-order valence-corrected chi connectivity index (χ3v) is 5.42. The highest BCUT2D eigenvalue weighted by atomic mass is 35.5. The van der Waals surface area contributed by atoms with E-state index in [4.69, 9.17) is 34.8 Å². The van der Waals surface area contributed by atoms with Crippen molar-refractivity contribution in [3.8, 4) is 0 Å². The molecule has 0 spiro atoms. The topological polar surface area (TPSA) is 23.6 Å². The van der Waals surface area contributed by atoms with Gasteiger partial charge in [-0.2, -0.15) is 0 Å². The van der Waals surface area contributed by atoms with Crippen LogP contribution in [0.4, 0.5) is 10.1 Å². The molecule has 0 N–H and O–H groups in total. The maximum absolute atomic E-state index is 13.8. The lowest BCUT2D eigenvalue weighted by Crippen LogP contribution is -2.46. The average molecular weight is 402 g/mol. The van der Waals surface area contributed by atoms with Crippen LogP contribution in [0.1, 0.15) is 15.9 Å². The van der Waals surface area contributed by atoms with Crippen molar-refractivity contribution in [2.45, 2.75) is 6.54 Å². The zero-order valence-corrected chi connectivity index (χ0v) is 15.6. The van der Waals surface area contributed by atoms with E-state index < -0.39 is 5.82 Å². The van der Waals surface area contributed by atoms with Gasteiger partial charge in [-0.3, -0.25) is 9.69 Å². The fourth-order valence-electron chi connectivity index (χ4n) is 2.90. The highest BCUT2D eigenvalue weighted by Gasteiger charge is 2.19. The summed E-state index contributed by atoms with van der Waals surface area (Å²) in [6.07, 6.45) is 0.473. The molecule has 2 aromatic carbocycles. The molecule has 0 radical (unpaired) electrons. The summed E-state index contributed by atoms with van der Waals surface area (Å²) in [4.78, 5) is 15.2. The zero-order chi connectivity index (χ0) is 18.0. The SMILES string of the molecule is O=Cc1cc(Cl)c(CN2CCN(c3ccc(Cl)c(Cl)c3)CC2)cc1F. The Balaban J connectivity index is 1.64. The van der Waals surface area contributed by atoms with E-state index in [9.17, 15) is 9.18 Å². The summed E-state index contributed by atoms with van der Waals surface area (Å²) in [5.74, 6) is -0.538. The Kier molecular flexibility index (Phi) is 5.85. The standard InChI is InChI=1S/C18H16Cl3FN2O/c19-15-2-1-14(9-17(15)21)24-5-3-23(4-6-24)10-12-8-18(22)13(11-25)7-16(12)20/h1-2,7-9,11H,3-6,10H2. The third-order valence-electron chi connectivity index (χ3n) is 4.33. The number of aldehydes is 1. The highest BCUT2D eigenvalue weighted by molar-refractivity contribution is 6.42. The Morgan fingerprint density at radius 3 is 2.32 bits per heavy atom. The first-order valence-corrected chi connectivity index (χ1v) is 8.97. The second-order valence-electron chi connectivity index (χ2n) is 5.94. The maximum atomic E-state index is 13.8. The van der Waals surface area contributed by atoms with Crippen molar-refractivity contribution in [2.24, 2.45) is 0 Å². The van der Waals surface area contributed by atoms with Gasteiger partial charge in [0.05, 0.1) is 15.6 Å². The van der Waals surface area contributed by atoms with Crippen LogP contribution in [-0.2, 0) is 6.54 Å². The number of piperazine rings is 1. The number of carbonyl (C=O) groups is 1. The largest absolute Gasteiger partial charge is 0.369 e. The molecule has 0 bridgehead atoms. The van der Waals surface area contributed by atoms with E-state index in [2.05, 4.69) is 9.80 Å². The van der Waals surface area contributed by atoms with Crippen molar-refractivity contribution in [3.63, 3.8) is 0 Å². The second-order valence-corrected chi connectivity index (χ2v) is 7.17. The molecule has 132 valence electrons. The van der Waals surface area contributed by atoms with Crippen LogP contribution in [-0.4, -0.2) is 37.4 Å². The number of hydrogen-bond donors (Lipinski definition) is 0. The minimum atomic E-state index is -0.538. The first-order chi connectivity index (χ1) is 12.0. The second kappa shape index (κ2) is 7.92. The molecule has 7 heteroatoms. The summed E-state index contributed by atoms with van der Waals surface area (Å²) in [6, 6.07) is 8.34. The van der Waals surface area contributed by atoms with Gasteiger partial charge in [-0.15, -0.1) is 0 Å². The van der Waals surface area contributed by atoms with Crippen LogP contribution in [0, 0.1) is 5.82 Å². The predicted molar refractivity (Wildman–Crippen MR) is 101 cm³/mol. The van der Waals surface area contributed by atoms with Crippen molar-refractivity contribution < 1.29 is 9.18 Å². The molecule has 1 aliphatic heterocycles. The van der Waals surface area contributed by atoms with E-state index in [1.165, 1.54) is 12.1 Å². The van der Waals surface area contributed by atoms with Gasteiger partial charge in [-0.1, -0.05) is 34.8 Å². The highest BCUT2D eigenvalue weighted by Crippen LogP contribution is 2.28. The van der Waals surface area contributed by atoms with Crippen LogP contribution in [0.2, 0.25) is 15.1 Å². The Morgan fingerprint density at radius 1 is 0.960 bits per heavy atom. The summed E-state index contributed by atoms with van der Waals surface area (Å²) >= 11 is 18.2. The molecule has 1 saturated heterocycles. The molecule has 1 heterocycles. The monoisotopic (exact) mass is 400 g/mol. The van der Waals surface area contributed by atoms with E-state index in [1.807, 2.05) is 12.1 Å².